The number of carbonyl (C=O) groups excluding carboxylic acids is 2. The van der Waals surface area contributed by atoms with E-state index in [1.54, 1.807) is 0 Å². The minimum atomic E-state index is -0.293. The Bertz CT molecular complexity index is 397. The number of carbonyl (C=O) groups is 2. The lowest BCUT2D eigenvalue weighted by Gasteiger charge is -2.43. The summed E-state index contributed by atoms with van der Waals surface area (Å²) in [6, 6.07) is -0.152. The van der Waals surface area contributed by atoms with Crippen LogP contribution in [0.25, 0.3) is 0 Å². The van der Waals surface area contributed by atoms with Crippen LogP contribution in [0.2, 0.25) is 0 Å². The van der Waals surface area contributed by atoms with Gasteiger partial charge in [0.15, 0.2) is 0 Å². The van der Waals surface area contributed by atoms with Gasteiger partial charge in [0.1, 0.15) is 12.1 Å². The van der Waals surface area contributed by atoms with Crippen molar-refractivity contribution in [3.8, 4) is 0 Å². The zero-order valence-electron chi connectivity index (χ0n) is 12.6. The van der Waals surface area contributed by atoms with Gasteiger partial charge in [-0.3, -0.25) is 9.59 Å². The van der Waals surface area contributed by atoms with Crippen molar-refractivity contribution in [2.75, 3.05) is 0 Å². The third-order valence-electron chi connectivity index (χ3n) is 4.93. The number of amides is 2. The Hall–Kier alpha value is -1.06. The first kappa shape index (κ1) is 13.9. The minimum Gasteiger partial charge on any atom is -0.342 e. The van der Waals surface area contributed by atoms with Gasteiger partial charge in [-0.25, -0.2) is 0 Å². The molecule has 1 heterocycles. The number of nitrogens with zero attached hydrogens (tertiary/aromatic N) is 1. The molecule has 0 spiro atoms. The summed E-state index contributed by atoms with van der Waals surface area (Å²) in [5, 5.41) is 2.99. The van der Waals surface area contributed by atoms with Crippen LogP contribution < -0.4 is 5.32 Å². The van der Waals surface area contributed by atoms with Gasteiger partial charge in [0.25, 0.3) is 0 Å². The van der Waals surface area contributed by atoms with E-state index in [1.165, 1.54) is 12.8 Å². The van der Waals surface area contributed by atoms with Crippen LogP contribution in [-0.4, -0.2) is 34.8 Å². The Morgan fingerprint density at radius 2 is 1.80 bits per heavy atom. The summed E-state index contributed by atoms with van der Waals surface area (Å²) in [6.07, 6.45) is 7.51. The molecule has 0 aromatic heterocycles. The van der Waals surface area contributed by atoms with E-state index in [9.17, 15) is 9.59 Å². The predicted molar refractivity (Wildman–Crippen MR) is 77.0 cm³/mol. The fourth-order valence-electron chi connectivity index (χ4n) is 3.84. The summed E-state index contributed by atoms with van der Waals surface area (Å²) < 4.78 is 0. The van der Waals surface area contributed by atoms with Gasteiger partial charge < -0.3 is 10.2 Å². The quantitative estimate of drug-likeness (QED) is 0.856. The maximum absolute atomic E-state index is 12.8. The first-order valence-electron chi connectivity index (χ1n) is 8.20. The molecule has 20 heavy (non-hydrogen) atoms. The highest BCUT2D eigenvalue weighted by molar-refractivity contribution is 5.97. The van der Waals surface area contributed by atoms with E-state index >= 15 is 0 Å². The monoisotopic (exact) mass is 278 g/mol. The molecular formula is C16H26N2O2. The number of piperazine rings is 1. The minimum absolute atomic E-state index is 0.102. The van der Waals surface area contributed by atoms with E-state index < -0.39 is 0 Å². The topological polar surface area (TPSA) is 49.4 Å². The lowest BCUT2D eigenvalue weighted by Crippen LogP contribution is -2.66. The molecule has 3 aliphatic rings. The predicted octanol–water partition coefficient (Wildman–Crippen LogP) is 2.08. The van der Waals surface area contributed by atoms with Crippen molar-refractivity contribution in [3.63, 3.8) is 0 Å². The molecule has 4 heteroatoms. The van der Waals surface area contributed by atoms with E-state index in [0.717, 1.165) is 32.1 Å². The molecule has 2 unspecified atom stereocenters. The maximum Gasteiger partial charge on any atom is 0.246 e. The van der Waals surface area contributed by atoms with E-state index in [1.807, 2.05) is 4.90 Å². The summed E-state index contributed by atoms with van der Waals surface area (Å²) in [7, 11) is 0. The molecule has 1 N–H and O–H groups in total. The van der Waals surface area contributed by atoms with Crippen LogP contribution in [0.4, 0.5) is 0 Å². The van der Waals surface area contributed by atoms with Crippen molar-refractivity contribution in [1.82, 2.24) is 10.2 Å². The van der Waals surface area contributed by atoms with Gasteiger partial charge in [0, 0.05) is 6.04 Å². The Balaban J connectivity index is 1.82. The molecule has 3 rings (SSSR count). The Morgan fingerprint density at radius 1 is 1.15 bits per heavy atom. The molecule has 2 amide bonds. The second-order valence-corrected chi connectivity index (χ2v) is 7.16. The van der Waals surface area contributed by atoms with E-state index in [0.29, 0.717) is 17.9 Å². The maximum atomic E-state index is 12.8. The lowest BCUT2D eigenvalue weighted by atomic mass is 9.95. The Morgan fingerprint density at radius 3 is 2.35 bits per heavy atom. The molecule has 0 aromatic rings. The van der Waals surface area contributed by atoms with Crippen LogP contribution in [0.15, 0.2) is 0 Å². The van der Waals surface area contributed by atoms with E-state index in [-0.39, 0.29) is 23.9 Å². The standard InChI is InChI=1S/C16H26N2O2/c1-10(2)9-13-16(20)18(12-5-3-4-6-12)14(11-7-8-11)15(19)17-13/h10-14H,3-9H2,1-2H3,(H,17,19). The summed E-state index contributed by atoms with van der Waals surface area (Å²) in [5.74, 6) is 1.12. The summed E-state index contributed by atoms with van der Waals surface area (Å²) in [6.45, 7) is 4.21. The highest BCUT2D eigenvalue weighted by Gasteiger charge is 2.50. The molecule has 2 saturated carbocycles. The molecule has 1 saturated heterocycles. The number of hydrogen-bond donors (Lipinski definition) is 1. The molecule has 2 aliphatic carbocycles. The SMILES string of the molecule is CC(C)CC1NC(=O)C(C2CC2)N(C2CCCC2)C1=O. The van der Waals surface area contributed by atoms with Gasteiger partial charge >= 0.3 is 0 Å². The Kier molecular flexibility index (Phi) is 3.74. The van der Waals surface area contributed by atoms with Gasteiger partial charge in [0.05, 0.1) is 0 Å². The van der Waals surface area contributed by atoms with Crippen LogP contribution in [0.5, 0.6) is 0 Å². The first-order valence-corrected chi connectivity index (χ1v) is 8.20. The molecule has 1 aliphatic heterocycles. The molecule has 0 radical (unpaired) electrons. The van der Waals surface area contributed by atoms with Crippen LogP contribution in [0.3, 0.4) is 0 Å². The molecule has 2 atom stereocenters. The zero-order chi connectivity index (χ0) is 14.3. The van der Waals surface area contributed by atoms with Crippen LogP contribution in [-0.2, 0) is 9.59 Å². The van der Waals surface area contributed by atoms with Gasteiger partial charge in [0.2, 0.25) is 11.8 Å². The largest absolute Gasteiger partial charge is 0.342 e. The summed E-state index contributed by atoms with van der Waals surface area (Å²) >= 11 is 0. The van der Waals surface area contributed by atoms with Gasteiger partial charge in [-0.1, -0.05) is 26.7 Å². The van der Waals surface area contributed by atoms with Crippen LogP contribution in [0, 0.1) is 11.8 Å². The van der Waals surface area contributed by atoms with Crippen molar-refractivity contribution in [2.45, 2.75) is 76.9 Å². The fourth-order valence-corrected chi connectivity index (χ4v) is 3.84. The molecule has 4 nitrogen and oxygen atoms in total. The van der Waals surface area contributed by atoms with Crippen molar-refractivity contribution >= 4 is 11.8 Å². The molecule has 3 fully saturated rings. The summed E-state index contributed by atoms with van der Waals surface area (Å²) in [4.78, 5) is 27.3. The third kappa shape index (κ3) is 2.57. The smallest absolute Gasteiger partial charge is 0.246 e. The second kappa shape index (κ2) is 5.38. The zero-order valence-corrected chi connectivity index (χ0v) is 12.6. The highest BCUT2D eigenvalue weighted by atomic mass is 16.2. The molecule has 0 bridgehead atoms. The molecule has 0 aromatic carbocycles. The normalized spacial score (nSPS) is 32.0. The summed E-state index contributed by atoms with van der Waals surface area (Å²) in [5.41, 5.74) is 0. The van der Waals surface area contributed by atoms with Crippen molar-refractivity contribution in [1.29, 1.82) is 0 Å². The number of hydrogen-bond acceptors (Lipinski definition) is 2. The first-order chi connectivity index (χ1) is 9.58. The number of rotatable bonds is 4. The van der Waals surface area contributed by atoms with Gasteiger partial charge in [-0.15, -0.1) is 0 Å². The molecule has 112 valence electrons. The average molecular weight is 278 g/mol. The lowest BCUT2D eigenvalue weighted by molar-refractivity contribution is -0.153. The van der Waals surface area contributed by atoms with Gasteiger partial charge in [-0.05, 0) is 43.9 Å². The van der Waals surface area contributed by atoms with E-state index in [2.05, 4.69) is 19.2 Å². The number of nitrogens with one attached hydrogen (secondary N) is 1. The van der Waals surface area contributed by atoms with Crippen molar-refractivity contribution in [2.24, 2.45) is 11.8 Å². The van der Waals surface area contributed by atoms with Crippen molar-refractivity contribution in [3.05, 3.63) is 0 Å². The highest BCUT2D eigenvalue weighted by Crippen LogP contribution is 2.40. The van der Waals surface area contributed by atoms with Gasteiger partial charge in [-0.2, -0.15) is 0 Å². The fraction of sp³-hybridized carbons (Fsp3) is 0.875. The van der Waals surface area contributed by atoms with Crippen LogP contribution in [0.1, 0.15) is 58.8 Å². The van der Waals surface area contributed by atoms with Crippen LogP contribution >= 0.6 is 0 Å². The average Bonchev–Trinajstić information content (AvgIpc) is 3.07. The van der Waals surface area contributed by atoms with E-state index in [4.69, 9.17) is 0 Å². The Labute approximate surface area is 121 Å². The van der Waals surface area contributed by atoms with Crippen molar-refractivity contribution < 1.29 is 9.59 Å². The second-order valence-electron chi connectivity index (χ2n) is 7.16. The molecular weight excluding hydrogens is 252 g/mol. The third-order valence-corrected chi connectivity index (χ3v) is 4.93.